The highest BCUT2D eigenvalue weighted by Gasteiger charge is 2.19. The van der Waals surface area contributed by atoms with E-state index < -0.39 is 0 Å². The molecule has 2 aliphatic heterocycles. The predicted octanol–water partition coefficient (Wildman–Crippen LogP) is 1.19. The molecule has 0 amide bonds. The van der Waals surface area contributed by atoms with Crippen LogP contribution in [-0.2, 0) is 9.47 Å². The van der Waals surface area contributed by atoms with Gasteiger partial charge in [-0.15, -0.1) is 0 Å². The van der Waals surface area contributed by atoms with Gasteiger partial charge in [0.25, 0.3) is 0 Å². The lowest BCUT2D eigenvalue weighted by atomic mass is 10.4. The first-order valence-electron chi connectivity index (χ1n) is 8.75. The van der Waals surface area contributed by atoms with Crippen molar-refractivity contribution in [3.05, 3.63) is 30.2 Å². The molecule has 0 spiro atoms. The van der Waals surface area contributed by atoms with Crippen LogP contribution in [0.5, 0.6) is 0 Å². The van der Waals surface area contributed by atoms with Gasteiger partial charge in [0.1, 0.15) is 11.6 Å². The summed E-state index contributed by atoms with van der Waals surface area (Å²) in [6.45, 7) is 5.97. The molecule has 2 saturated heterocycles. The summed E-state index contributed by atoms with van der Waals surface area (Å²) in [5.41, 5.74) is 2.98. The minimum absolute atomic E-state index is 0.644. The summed E-state index contributed by atoms with van der Waals surface area (Å²) in [7, 11) is 0. The Labute approximate surface area is 151 Å². The lowest BCUT2D eigenvalue weighted by molar-refractivity contribution is 0.121. The average molecular weight is 358 g/mol. The predicted molar refractivity (Wildman–Crippen MR) is 98.0 cm³/mol. The van der Waals surface area contributed by atoms with Gasteiger partial charge in [0.2, 0.25) is 5.95 Å². The summed E-state index contributed by atoms with van der Waals surface area (Å²) in [4.78, 5) is 13.7. The second-order valence-corrected chi connectivity index (χ2v) is 6.00. The van der Waals surface area contributed by atoms with E-state index in [1.807, 2.05) is 18.2 Å². The summed E-state index contributed by atoms with van der Waals surface area (Å²) in [5.74, 6) is 2.88. The van der Waals surface area contributed by atoms with Crippen LogP contribution in [0.1, 0.15) is 5.76 Å². The van der Waals surface area contributed by atoms with Crippen LogP contribution in [0.25, 0.3) is 0 Å². The summed E-state index contributed by atoms with van der Waals surface area (Å²) in [5, 5.41) is 4.21. The first kappa shape index (κ1) is 16.8. The molecular weight excluding hydrogens is 336 g/mol. The number of aromatic nitrogens is 2. The van der Waals surface area contributed by atoms with Gasteiger partial charge < -0.3 is 23.7 Å². The average Bonchev–Trinajstić information content (AvgIpc) is 3.23. The van der Waals surface area contributed by atoms with Crippen LogP contribution < -0.4 is 15.2 Å². The van der Waals surface area contributed by atoms with Gasteiger partial charge in [0, 0.05) is 32.2 Å². The van der Waals surface area contributed by atoms with Crippen molar-refractivity contribution < 1.29 is 13.9 Å². The van der Waals surface area contributed by atoms with Crippen LogP contribution in [0.4, 0.5) is 17.6 Å². The third kappa shape index (κ3) is 4.12. The zero-order valence-corrected chi connectivity index (χ0v) is 14.5. The summed E-state index contributed by atoms with van der Waals surface area (Å²) < 4.78 is 16.1. The first-order chi connectivity index (χ1) is 12.9. The fourth-order valence-electron chi connectivity index (χ4n) is 2.87. The number of rotatable bonds is 5. The van der Waals surface area contributed by atoms with E-state index in [-0.39, 0.29) is 0 Å². The van der Waals surface area contributed by atoms with Crippen molar-refractivity contribution >= 4 is 23.8 Å². The quantitative estimate of drug-likeness (QED) is 0.630. The third-order valence-electron chi connectivity index (χ3n) is 4.24. The molecule has 0 bridgehead atoms. The highest BCUT2D eigenvalue weighted by atomic mass is 16.5. The van der Waals surface area contributed by atoms with Gasteiger partial charge in [-0.25, -0.2) is 0 Å². The smallest absolute Gasteiger partial charge is 0.229 e. The van der Waals surface area contributed by atoms with E-state index in [0.29, 0.717) is 44.0 Å². The van der Waals surface area contributed by atoms with Crippen molar-refractivity contribution in [2.24, 2.45) is 5.10 Å². The standard InChI is InChI=1S/C17H22N6O3/c1-2-14(26-7-1)13-18-21-15-12-16(22-3-8-24-9-4-22)20-17(19-15)23-5-10-25-11-6-23/h1-2,7,12-13H,3-6,8-11H2,(H,19,20,21)/b18-13+. The highest BCUT2D eigenvalue weighted by molar-refractivity contribution is 5.76. The van der Waals surface area contributed by atoms with E-state index in [9.17, 15) is 0 Å². The molecular formula is C17H22N6O3. The SMILES string of the molecule is C(=N\Nc1cc(N2CCOCC2)nc(N2CCOCC2)n1)/c1ccco1. The number of morpholine rings is 2. The molecule has 0 atom stereocenters. The van der Waals surface area contributed by atoms with Crippen molar-refractivity contribution in [2.45, 2.75) is 0 Å². The number of nitrogens with zero attached hydrogens (tertiary/aromatic N) is 5. The van der Waals surface area contributed by atoms with E-state index in [1.54, 1.807) is 12.5 Å². The summed E-state index contributed by atoms with van der Waals surface area (Å²) >= 11 is 0. The zero-order chi connectivity index (χ0) is 17.6. The number of nitrogens with one attached hydrogen (secondary N) is 1. The van der Waals surface area contributed by atoms with Gasteiger partial charge in [0.15, 0.2) is 5.82 Å². The fourth-order valence-corrected chi connectivity index (χ4v) is 2.87. The van der Waals surface area contributed by atoms with Gasteiger partial charge in [-0.3, -0.25) is 5.43 Å². The maximum atomic E-state index is 5.44. The molecule has 2 fully saturated rings. The normalized spacial score (nSPS) is 18.5. The second kappa shape index (κ2) is 8.15. The van der Waals surface area contributed by atoms with Crippen LogP contribution in [0.2, 0.25) is 0 Å². The van der Waals surface area contributed by atoms with Crippen molar-refractivity contribution in [1.82, 2.24) is 9.97 Å². The summed E-state index contributed by atoms with van der Waals surface area (Å²) in [6.07, 6.45) is 3.23. The molecule has 4 heterocycles. The van der Waals surface area contributed by atoms with Crippen LogP contribution in [0, 0.1) is 0 Å². The molecule has 2 aliphatic rings. The Hall–Kier alpha value is -2.65. The van der Waals surface area contributed by atoms with E-state index in [0.717, 1.165) is 32.0 Å². The maximum Gasteiger partial charge on any atom is 0.229 e. The first-order valence-corrected chi connectivity index (χ1v) is 8.75. The monoisotopic (exact) mass is 358 g/mol. The molecule has 2 aromatic heterocycles. The van der Waals surface area contributed by atoms with Gasteiger partial charge in [-0.05, 0) is 12.1 Å². The van der Waals surface area contributed by atoms with E-state index in [1.165, 1.54) is 0 Å². The molecule has 1 N–H and O–H groups in total. The van der Waals surface area contributed by atoms with E-state index in [2.05, 4.69) is 25.3 Å². The largest absolute Gasteiger partial charge is 0.463 e. The number of hydrazone groups is 1. The molecule has 26 heavy (non-hydrogen) atoms. The molecule has 0 aliphatic carbocycles. The molecule has 9 nitrogen and oxygen atoms in total. The molecule has 4 rings (SSSR count). The lowest BCUT2D eigenvalue weighted by Gasteiger charge is -2.31. The Bertz CT molecular complexity index is 688. The Morgan fingerprint density at radius 1 is 1.00 bits per heavy atom. The van der Waals surface area contributed by atoms with E-state index >= 15 is 0 Å². The summed E-state index contributed by atoms with van der Waals surface area (Å²) in [6, 6.07) is 5.57. The maximum absolute atomic E-state index is 5.44. The molecule has 0 aromatic carbocycles. The topological polar surface area (TPSA) is 88.2 Å². The number of furan rings is 1. The number of ether oxygens (including phenoxy) is 2. The lowest BCUT2D eigenvalue weighted by Crippen LogP contribution is -2.39. The fraction of sp³-hybridized carbons (Fsp3) is 0.471. The highest BCUT2D eigenvalue weighted by Crippen LogP contribution is 2.22. The zero-order valence-electron chi connectivity index (χ0n) is 14.5. The van der Waals surface area contributed by atoms with Crippen molar-refractivity contribution in [1.29, 1.82) is 0 Å². The van der Waals surface area contributed by atoms with Gasteiger partial charge in [0.05, 0.1) is 38.9 Å². The number of hydrogen-bond donors (Lipinski definition) is 1. The second-order valence-electron chi connectivity index (χ2n) is 6.00. The van der Waals surface area contributed by atoms with Crippen LogP contribution in [0.3, 0.4) is 0 Å². The third-order valence-corrected chi connectivity index (χ3v) is 4.24. The molecule has 9 heteroatoms. The molecule has 0 radical (unpaired) electrons. The molecule has 0 unspecified atom stereocenters. The minimum atomic E-state index is 0.644. The number of hydrogen-bond acceptors (Lipinski definition) is 9. The van der Waals surface area contributed by atoms with Crippen molar-refractivity contribution in [3.8, 4) is 0 Å². The molecule has 0 saturated carbocycles. The Kier molecular flexibility index (Phi) is 5.27. The Balaban J connectivity index is 1.56. The van der Waals surface area contributed by atoms with Crippen LogP contribution in [0.15, 0.2) is 34.0 Å². The molecule has 138 valence electrons. The van der Waals surface area contributed by atoms with Crippen LogP contribution in [-0.4, -0.2) is 68.8 Å². The van der Waals surface area contributed by atoms with Gasteiger partial charge >= 0.3 is 0 Å². The minimum Gasteiger partial charge on any atom is -0.463 e. The van der Waals surface area contributed by atoms with Crippen LogP contribution >= 0.6 is 0 Å². The molecule has 2 aromatic rings. The Morgan fingerprint density at radius 2 is 1.73 bits per heavy atom. The van der Waals surface area contributed by atoms with Gasteiger partial charge in [-0.1, -0.05) is 0 Å². The number of anilines is 3. The van der Waals surface area contributed by atoms with E-state index in [4.69, 9.17) is 18.9 Å². The Morgan fingerprint density at radius 3 is 2.42 bits per heavy atom. The van der Waals surface area contributed by atoms with Gasteiger partial charge in [-0.2, -0.15) is 15.1 Å². The van der Waals surface area contributed by atoms with Crippen molar-refractivity contribution in [2.75, 3.05) is 67.8 Å². The van der Waals surface area contributed by atoms with Crippen molar-refractivity contribution in [3.63, 3.8) is 0 Å².